The van der Waals surface area contributed by atoms with Crippen molar-refractivity contribution in [1.82, 2.24) is 9.55 Å². The van der Waals surface area contributed by atoms with Crippen molar-refractivity contribution >= 4 is 17.4 Å². The second-order valence-electron chi connectivity index (χ2n) is 4.54. The molecule has 1 aromatic heterocycles. The molecule has 0 amide bonds. The van der Waals surface area contributed by atoms with E-state index in [0.29, 0.717) is 6.42 Å². The van der Waals surface area contributed by atoms with E-state index in [0.717, 1.165) is 4.57 Å². The fourth-order valence-corrected chi connectivity index (χ4v) is 2.60. The average molecular weight is 290 g/mol. The Labute approximate surface area is 114 Å². The molecule has 0 saturated carbocycles. The summed E-state index contributed by atoms with van der Waals surface area (Å²) in [4.78, 5) is 15.3. The van der Waals surface area contributed by atoms with Crippen molar-refractivity contribution in [2.45, 2.75) is 37.4 Å². The zero-order chi connectivity index (χ0) is 14.2. The molecule has 106 valence electrons. The minimum Gasteiger partial charge on any atom is -0.387 e. The maximum atomic E-state index is 11.7. The summed E-state index contributed by atoms with van der Waals surface area (Å²) in [6.45, 7) is 1.78. The van der Waals surface area contributed by atoms with E-state index < -0.39 is 29.7 Å². The number of alkyl halides is 1. The quantitative estimate of drug-likeness (QED) is 0.645. The van der Waals surface area contributed by atoms with Crippen LogP contribution in [0.25, 0.3) is 0 Å². The number of aromatic nitrogens is 2. The Balaban J connectivity index is 2.39. The number of nitrogens with zero attached hydrogens (tertiary/aromatic N) is 2. The lowest BCUT2D eigenvalue weighted by Crippen LogP contribution is -2.44. The number of ether oxygens (including phenoxy) is 1. The molecule has 4 atom stereocenters. The zero-order valence-electron chi connectivity index (χ0n) is 10.4. The van der Waals surface area contributed by atoms with Gasteiger partial charge in [0.15, 0.2) is 6.23 Å². The fraction of sp³-hybridized carbons (Fsp3) is 0.636. The molecular formula is C11H16ClN3O4. The van der Waals surface area contributed by atoms with Gasteiger partial charge in [0.25, 0.3) is 0 Å². The Kier molecular flexibility index (Phi) is 3.82. The van der Waals surface area contributed by atoms with Crippen molar-refractivity contribution < 1.29 is 14.9 Å². The monoisotopic (exact) mass is 289 g/mol. The van der Waals surface area contributed by atoms with E-state index in [1.165, 1.54) is 12.3 Å². The first kappa shape index (κ1) is 14.3. The third-order valence-electron chi connectivity index (χ3n) is 3.46. The van der Waals surface area contributed by atoms with Crippen molar-refractivity contribution in [2.24, 2.45) is 0 Å². The molecule has 0 bridgehead atoms. The highest BCUT2D eigenvalue weighted by Crippen LogP contribution is 2.39. The fourth-order valence-electron chi connectivity index (χ4n) is 2.19. The smallest absolute Gasteiger partial charge is 0.351 e. The number of halogens is 1. The van der Waals surface area contributed by atoms with Crippen LogP contribution in [0, 0.1) is 0 Å². The lowest BCUT2D eigenvalue weighted by Gasteiger charge is -2.28. The Morgan fingerprint density at radius 1 is 1.63 bits per heavy atom. The lowest BCUT2D eigenvalue weighted by atomic mass is 9.94. The minimum absolute atomic E-state index is 0.00930. The molecule has 2 rings (SSSR count). The van der Waals surface area contributed by atoms with Crippen molar-refractivity contribution in [3.8, 4) is 0 Å². The number of aliphatic hydroxyl groups is 2. The van der Waals surface area contributed by atoms with E-state index >= 15 is 0 Å². The van der Waals surface area contributed by atoms with Gasteiger partial charge >= 0.3 is 5.69 Å². The lowest BCUT2D eigenvalue weighted by molar-refractivity contribution is -0.0935. The van der Waals surface area contributed by atoms with E-state index in [-0.39, 0.29) is 11.7 Å². The Hall–Kier alpha value is -1.15. The van der Waals surface area contributed by atoms with Crippen LogP contribution in [-0.4, -0.2) is 43.5 Å². The standard InChI is InChI=1S/C11H16ClN3O4/c1-2-11(5-12)8(17)7(16)9(19-11)15-4-3-6(13)14-10(15)18/h3-4,7-9,16-17H,2,5H2,1H3,(H2,13,14,18)/t7-,8+,9-,11+/m1/s1. The van der Waals surface area contributed by atoms with E-state index in [2.05, 4.69) is 4.98 Å². The van der Waals surface area contributed by atoms with E-state index in [1.54, 1.807) is 6.92 Å². The summed E-state index contributed by atoms with van der Waals surface area (Å²) >= 11 is 5.82. The van der Waals surface area contributed by atoms with Gasteiger partial charge in [-0.25, -0.2) is 4.79 Å². The molecule has 0 unspecified atom stereocenters. The molecule has 4 N–H and O–H groups in total. The molecule has 1 aliphatic rings. The third kappa shape index (κ3) is 2.23. The van der Waals surface area contributed by atoms with Gasteiger partial charge in [-0.2, -0.15) is 4.98 Å². The molecule has 1 fully saturated rings. The summed E-state index contributed by atoms with van der Waals surface area (Å²) in [6, 6.07) is 1.41. The number of nitrogens with two attached hydrogens (primary N) is 1. The number of aliphatic hydroxyl groups excluding tert-OH is 2. The predicted octanol–water partition coefficient (Wildman–Crippen LogP) is -0.536. The Morgan fingerprint density at radius 2 is 2.32 bits per heavy atom. The van der Waals surface area contributed by atoms with Gasteiger partial charge in [0.1, 0.15) is 23.6 Å². The molecule has 0 aliphatic carbocycles. The summed E-state index contributed by atoms with van der Waals surface area (Å²) in [5.41, 5.74) is 3.66. The molecule has 19 heavy (non-hydrogen) atoms. The van der Waals surface area contributed by atoms with Crippen LogP contribution in [0.2, 0.25) is 0 Å². The second kappa shape index (κ2) is 5.09. The maximum Gasteiger partial charge on any atom is 0.351 e. The zero-order valence-corrected chi connectivity index (χ0v) is 11.1. The van der Waals surface area contributed by atoms with Crippen LogP contribution in [0.5, 0.6) is 0 Å². The molecule has 8 heteroatoms. The molecule has 7 nitrogen and oxygen atoms in total. The van der Waals surface area contributed by atoms with Crippen molar-refractivity contribution in [1.29, 1.82) is 0 Å². The van der Waals surface area contributed by atoms with Crippen molar-refractivity contribution in [2.75, 3.05) is 11.6 Å². The van der Waals surface area contributed by atoms with Crippen LogP contribution in [0.15, 0.2) is 17.1 Å². The third-order valence-corrected chi connectivity index (χ3v) is 3.91. The van der Waals surface area contributed by atoms with Gasteiger partial charge in [-0.3, -0.25) is 4.57 Å². The van der Waals surface area contributed by atoms with Gasteiger partial charge < -0.3 is 20.7 Å². The van der Waals surface area contributed by atoms with Crippen LogP contribution < -0.4 is 11.4 Å². The van der Waals surface area contributed by atoms with Gasteiger partial charge in [0.2, 0.25) is 0 Å². The second-order valence-corrected chi connectivity index (χ2v) is 4.81. The normalized spacial score (nSPS) is 34.6. The van der Waals surface area contributed by atoms with E-state index in [1.807, 2.05) is 0 Å². The number of hydrogen-bond donors (Lipinski definition) is 3. The highest BCUT2D eigenvalue weighted by Gasteiger charge is 2.53. The first-order valence-electron chi connectivity index (χ1n) is 5.90. The molecule has 1 aliphatic heterocycles. The van der Waals surface area contributed by atoms with Gasteiger partial charge in [-0.15, -0.1) is 11.6 Å². The highest BCUT2D eigenvalue weighted by molar-refractivity contribution is 6.18. The predicted molar refractivity (Wildman–Crippen MR) is 68.8 cm³/mol. The van der Waals surface area contributed by atoms with Gasteiger partial charge in [-0.1, -0.05) is 6.92 Å². The first-order valence-corrected chi connectivity index (χ1v) is 6.43. The summed E-state index contributed by atoms with van der Waals surface area (Å²) in [5.74, 6) is 0.0865. The maximum absolute atomic E-state index is 11.7. The Morgan fingerprint density at radius 3 is 2.79 bits per heavy atom. The van der Waals surface area contributed by atoms with Gasteiger partial charge in [-0.05, 0) is 12.5 Å². The van der Waals surface area contributed by atoms with E-state index in [4.69, 9.17) is 22.1 Å². The molecule has 0 aromatic carbocycles. The van der Waals surface area contributed by atoms with Gasteiger partial charge in [0.05, 0.1) is 5.88 Å². The van der Waals surface area contributed by atoms with Crippen LogP contribution >= 0.6 is 11.6 Å². The first-order chi connectivity index (χ1) is 8.95. The number of nitrogen functional groups attached to an aromatic ring is 1. The van der Waals surface area contributed by atoms with Crippen LogP contribution in [-0.2, 0) is 4.74 Å². The number of rotatable bonds is 3. The molecule has 2 heterocycles. The van der Waals surface area contributed by atoms with Crippen LogP contribution in [0.1, 0.15) is 19.6 Å². The average Bonchev–Trinajstić information content (AvgIpc) is 2.64. The van der Waals surface area contributed by atoms with E-state index in [9.17, 15) is 15.0 Å². The summed E-state index contributed by atoms with van der Waals surface area (Å²) in [7, 11) is 0. The largest absolute Gasteiger partial charge is 0.387 e. The summed E-state index contributed by atoms with van der Waals surface area (Å²) in [5, 5.41) is 20.1. The molecule has 1 aromatic rings. The van der Waals surface area contributed by atoms with Gasteiger partial charge in [0, 0.05) is 6.20 Å². The highest BCUT2D eigenvalue weighted by atomic mass is 35.5. The minimum atomic E-state index is -1.26. The molecular weight excluding hydrogens is 274 g/mol. The van der Waals surface area contributed by atoms with Crippen molar-refractivity contribution in [3.05, 3.63) is 22.7 Å². The topological polar surface area (TPSA) is 111 Å². The molecule has 1 saturated heterocycles. The number of hydrogen-bond acceptors (Lipinski definition) is 6. The summed E-state index contributed by atoms with van der Waals surface area (Å²) < 4.78 is 6.72. The van der Waals surface area contributed by atoms with Crippen LogP contribution in [0.3, 0.4) is 0 Å². The van der Waals surface area contributed by atoms with Crippen LogP contribution in [0.4, 0.5) is 5.82 Å². The molecule has 0 spiro atoms. The SMILES string of the molecule is CC[C@@]1(CCl)O[C@@H](n2ccc(N)nc2=O)[C@H](O)[C@@H]1O. The molecule has 0 radical (unpaired) electrons. The summed E-state index contributed by atoms with van der Waals surface area (Å²) in [6.07, 6.45) is -1.70. The number of anilines is 1. The Bertz CT molecular complexity index is 517. The van der Waals surface area contributed by atoms with Crippen molar-refractivity contribution in [3.63, 3.8) is 0 Å².